The molecule has 70 valence electrons. The van der Waals surface area contributed by atoms with Gasteiger partial charge in [-0.05, 0) is 39.4 Å². The first-order valence-corrected chi connectivity index (χ1v) is 3.90. The van der Waals surface area contributed by atoms with Crippen molar-refractivity contribution in [2.75, 3.05) is 13.6 Å². The Morgan fingerprint density at radius 3 is 2.50 bits per heavy atom. The highest BCUT2D eigenvalue weighted by Gasteiger charge is 2.03. The molecule has 2 N–H and O–H groups in total. The molecule has 0 bridgehead atoms. The maximum atomic E-state index is 4.12. The second kappa shape index (κ2) is 5.17. The van der Waals surface area contributed by atoms with Gasteiger partial charge in [0.25, 0.3) is 0 Å². The van der Waals surface area contributed by atoms with E-state index in [0.717, 1.165) is 18.7 Å². The Labute approximate surface area is 79.4 Å². The number of likely N-dealkylation sites (N-methyl/N-ethyl adjacent to an activating group) is 1. The van der Waals surface area contributed by atoms with Crippen molar-refractivity contribution in [2.45, 2.75) is 20.3 Å². The first kappa shape index (κ1) is 11.5. The van der Waals surface area contributed by atoms with E-state index in [4.69, 9.17) is 0 Å². The maximum absolute atomic E-state index is 4.12. The molecule has 0 saturated heterocycles. The van der Waals surface area contributed by atoms with E-state index < -0.39 is 0 Å². The summed E-state index contributed by atoms with van der Waals surface area (Å²) < 4.78 is 0. The average Bonchev–Trinajstić information content (AvgIpc) is 2.29. The molecule has 0 aliphatic rings. The van der Waals surface area contributed by atoms with Gasteiger partial charge >= 0.3 is 0 Å². The average molecular weight is 190 g/mol. The molecule has 1 heterocycles. The molecule has 4 heteroatoms. The number of aromatic amines is 1. The van der Waals surface area contributed by atoms with Gasteiger partial charge in [-0.3, -0.25) is 5.10 Å². The number of aryl methyl sites for hydroxylation is 2. The summed E-state index contributed by atoms with van der Waals surface area (Å²) in [6.45, 7) is 5.11. The zero-order chi connectivity index (χ0) is 8.27. The number of halogens is 1. The Balaban J connectivity index is 0.00000121. The van der Waals surface area contributed by atoms with Crippen molar-refractivity contribution in [3.8, 4) is 0 Å². The zero-order valence-corrected chi connectivity index (χ0v) is 8.59. The number of nitrogens with zero attached hydrogens (tertiary/aromatic N) is 1. The normalized spacial score (nSPS) is 9.58. The topological polar surface area (TPSA) is 40.7 Å². The van der Waals surface area contributed by atoms with Gasteiger partial charge < -0.3 is 5.32 Å². The Bertz CT molecular complexity index is 213. The van der Waals surface area contributed by atoms with E-state index in [-0.39, 0.29) is 12.4 Å². The first-order chi connectivity index (χ1) is 5.25. The summed E-state index contributed by atoms with van der Waals surface area (Å²) in [4.78, 5) is 0. The fraction of sp³-hybridized carbons (Fsp3) is 0.625. The van der Waals surface area contributed by atoms with Crippen LogP contribution in [0.25, 0.3) is 0 Å². The van der Waals surface area contributed by atoms with Gasteiger partial charge in [0.2, 0.25) is 0 Å². The van der Waals surface area contributed by atoms with Gasteiger partial charge in [0, 0.05) is 5.69 Å². The van der Waals surface area contributed by atoms with Crippen molar-refractivity contribution in [1.82, 2.24) is 15.5 Å². The summed E-state index contributed by atoms with van der Waals surface area (Å²) in [6, 6.07) is 0. The third kappa shape index (κ3) is 2.50. The van der Waals surface area contributed by atoms with E-state index in [9.17, 15) is 0 Å². The highest BCUT2D eigenvalue weighted by atomic mass is 35.5. The molecule has 0 unspecified atom stereocenters. The van der Waals surface area contributed by atoms with E-state index >= 15 is 0 Å². The van der Waals surface area contributed by atoms with E-state index in [1.807, 2.05) is 14.0 Å². The quantitative estimate of drug-likeness (QED) is 0.751. The molecule has 0 aromatic carbocycles. The molecule has 0 aliphatic carbocycles. The minimum Gasteiger partial charge on any atom is -0.319 e. The monoisotopic (exact) mass is 189 g/mol. The molecule has 1 aromatic heterocycles. The second-order valence-corrected chi connectivity index (χ2v) is 2.77. The molecule has 0 amide bonds. The third-order valence-corrected chi connectivity index (χ3v) is 1.91. The van der Waals surface area contributed by atoms with Crippen molar-refractivity contribution < 1.29 is 0 Å². The molecule has 0 aliphatic heterocycles. The molecule has 3 nitrogen and oxygen atoms in total. The fourth-order valence-electron chi connectivity index (χ4n) is 1.19. The van der Waals surface area contributed by atoms with Crippen LogP contribution in [0.4, 0.5) is 0 Å². The number of hydrogen-bond acceptors (Lipinski definition) is 2. The van der Waals surface area contributed by atoms with Gasteiger partial charge in [0.05, 0.1) is 5.69 Å². The SMILES string of the molecule is CNCCc1c(C)n[nH]c1C.Cl. The molecular formula is C8H16ClN3. The van der Waals surface area contributed by atoms with Crippen LogP contribution in [0.2, 0.25) is 0 Å². The van der Waals surface area contributed by atoms with Gasteiger partial charge in [-0.15, -0.1) is 12.4 Å². The van der Waals surface area contributed by atoms with E-state index in [1.54, 1.807) is 0 Å². The van der Waals surface area contributed by atoms with Gasteiger partial charge in [-0.1, -0.05) is 0 Å². The summed E-state index contributed by atoms with van der Waals surface area (Å²) >= 11 is 0. The Morgan fingerprint density at radius 2 is 2.08 bits per heavy atom. The highest BCUT2D eigenvalue weighted by Crippen LogP contribution is 2.08. The van der Waals surface area contributed by atoms with Crippen molar-refractivity contribution in [3.63, 3.8) is 0 Å². The van der Waals surface area contributed by atoms with Gasteiger partial charge in [-0.2, -0.15) is 5.10 Å². The molecule has 0 saturated carbocycles. The first-order valence-electron chi connectivity index (χ1n) is 3.90. The van der Waals surface area contributed by atoms with Crippen LogP contribution in [-0.2, 0) is 6.42 Å². The van der Waals surface area contributed by atoms with E-state index in [0.29, 0.717) is 0 Å². The van der Waals surface area contributed by atoms with Crippen molar-refractivity contribution in [2.24, 2.45) is 0 Å². The molecule has 1 aromatic rings. The van der Waals surface area contributed by atoms with Crippen LogP contribution in [-0.4, -0.2) is 23.8 Å². The molecular weight excluding hydrogens is 174 g/mol. The molecule has 0 radical (unpaired) electrons. The van der Waals surface area contributed by atoms with Crippen LogP contribution in [0.3, 0.4) is 0 Å². The Kier molecular flexibility index (Phi) is 4.93. The van der Waals surface area contributed by atoms with Crippen molar-refractivity contribution in [1.29, 1.82) is 0 Å². The summed E-state index contributed by atoms with van der Waals surface area (Å²) in [5, 5.41) is 10.2. The highest BCUT2D eigenvalue weighted by molar-refractivity contribution is 5.85. The van der Waals surface area contributed by atoms with Crippen LogP contribution < -0.4 is 5.32 Å². The van der Waals surface area contributed by atoms with Crippen LogP contribution in [0.15, 0.2) is 0 Å². The van der Waals surface area contributed by atoms with Crippen LogP contribution in [0.5, 0.6) is 0 Å². The predicted octanol–water partition coefficient (Wildman–Crippen LogP) is 1.21. The summed E-state index contributed by atoms with van der Waals surface area (Å²) in [5.74, 6) is 0. The number of nitrogens with one attached hydrogen (secondary N) is 2. The van der Waals surface area contributed by atoms with Gasteiger partial charge in [-0.25, -0.2) is 0 Å². The number of hydrogen-bond donors (Lipinski definition) is 2. The lowest BCUT2D eigenvalue weighted by Gasteiger charge is -1.98. The minimum atomic E-state index is 0. The minimum absolute atomic E-state index is 0. The largest absolute Gasteiger partial charge is 0.319 e. The van der Waals surface area contributed by atoms with Gasteiger partial charge in [0.15, 0.2) is 0 Å². The number of rotatable bonds is 3. The standard InChI is InChI=1S/C8H15N3.ClH/c1-6-8(4-5-9-3)7(2)11-10-6;/h9H,4-5H2,1-3H3,(H,10,11);1H. The van der Waals surface area contributed by atoms with E-state index in [1.165, 1.54) is 11.3 Å². The summed E-state index contributed by atoms with van der Waals surface area (Å²) in [6.07, 6.45) is 1.06. The fourth-order valence-corrected chi connectivity index (χ4v) is 1.19. The lowest BCUT2D eigenvalue weighted by Crippen LogP contribution is -2.11. The van der Waals surface area contributed by atoms with Crippen LogP contribution in [0, 0.1) is 13.8 Å². The third-order valence-electron chi connectivity index (χ3n) is 1.91. The maximum Gasteiger partial charge on any atom is 0.0626 e. The molecule has 0 spiro atoms. The summed E-state index contributed by atoms with van der Waals surface area (Å²) in [5.41, 5.74) is 3.66. The number of H-pyrrole nitrogens is 1. The van der Waals surface area contributed by atoms with Crippen molar-refractivity contribution in [3.05, 3.63) is 17.0 Å². The molecule has 12 heavy (non-hydrogen) atoms. The zero-order valence-electron chi connectivity index (χ0n) is 7.77. The Morgan fingerprint density at radius 1 is 1.42 bits per heavy atom. The predicted molar refractivity (Wildman–Crippen MR) is 52.9 cm³/mol. The van der Waals surface area contributed by atoms with E-state index in [2.05, 4.69) is 22.4 Å². The second-order valence-electron chi connectivity index (χ2n) is 2.77. The Hall–Kier alpha value is -0.540. The van der Waals surface area contributed by atoms with Crippen LogP contribution >= 0.6 is 12.4 Å². The molecule has 1 rings (SSSR count). The van der Waals surface area contributed by atoms with Crippen molar-refractivity contribution >= 4 is 12.4 Å². The summed E-state index contributed by atoms with van der Waals surface area (Å²) in [7, 11) is 1.96. The molecule has 0 fully saturated rings. The van der Waals surface area contributed by atoms with Crippen LogP contribution in [0.1, 0.15) is 17.0 Å². The number of aromatic nitrogens is 2. The molecule has 0 atom stereocenters. The smallest absolute Gasteiger partial charge is 0.0626 e. The lowest BCUT2D eigenvalue weighted by atomic mass is 10.1. The van der Waals surface area contributed by atoms with Gasteiger partial charge in [0.1, 0.15) is 0 Å². The lowest BCUT2D eigenvalue weighted by molar-refractivity contribution is 0.786.